The van der Waals surface area contributed by atoms with Gasteiger partial charge in [0, 0.05) is 24.0 Å². The molecule has 0 amide bonds. The minimum Gasteiger partial charge on any atom is -0.369 e. The van der Waals surface area contributed by atoms with Crippen molar-refractivity contribution in [2.75, 3.05) is 18.0 Å². The number of aromatic nitrogens is 1. The first-order valence-corrected chi connectivity index (χ1v) is 6.59. The molecule has 0 atom stereocenters. The van der Waals surface area contributed by atoms with Crippen molar-refractivity contribution in [1.29, 1.82) is 0 Å². The topological polar surface area (TPSA) is 16.1 Å². The van der Waals surface area contributed by atoms with Gasteiger partial charge in [-0.2, -0.15) is 0 Å². The first kappa shape index (κ1) is 10.7. The van der Waals surface area contributed by atoms with Gasteiger partial charge in [0.05, 0.1) is 11.4 Å². The van der Waals surface area contributed by atoms with Crippen LogP contribution < -0.4 is 4.90 Å². The Morgan fingerprint density at radius 3 is 2.76 bits per heavy atom. The summed E-state index contributed by atoms with van der Waals surface area (Å²) in [6, 6.07) is 5.35. The summed E-state index contributed by atoms with van der Waals surface area (Å²) in [6.45, 7) is 1.92. The summed E-state index contributed by atoms with van der Waals surface area (Å²) < 4.78 is 14.0. The van der Waals surface area contributed by atoms with E-state index in [0.29, 0.717) is 5.69 Å². The van der Waals surface area contributed by atoms with E-state index in [1.807, 2.05) is 17.5 Å². The largest absolute Gasteiger partial charge is 0.369 e. The highest BCUT2D eigenvalue weighted by molar-refractivity contribution is 7.07. The number of rotatable bonds is 2. The molecule has 1 aliphatic heterocycles. The van der Waals surface area contributed by atoms with Gasteiger partial charge in [-0.05, 0) is 25.0 Å². The van der Waals surface area contributed by atoms with Gasteiger partial charge in [0.1, 0.15) is 5.82 Å². The second-order valence-electron chi connectivity index (χ2n) is 4.18. The van der Waals surface area contributed by atoms with Gasteiger partial charge >= 0.3 is 0 Å². The van der Waals surface area contributed by atoms with Gasteiger partial charge in [-0.25, -0.2) is 9.37 Å². The van der Waals surface area contributed by atoms with Gasteiger partial charge in [-0.15, -0.1) is 11.3 Å². The van der Waals surface area contributed by atoms with Crippen LogP contribution in [0, 0.1) is 11.3 Å². The van der Waals surface area contributed by atoms with E-state index in [0.717, 1.165) is 37.2 Å². The molecule has 17 heavy (non-hydrogen) atoms. The van der Waals surface area contributed by atoms with E-state index in [-0.39, 0.29) is 5.82 Å². The summed E-state index contributed by atoms with van der Waals surface area (Å²) in [5, 5.41) is 1.88. The van der Waals surface area contributed by atoms with Crippen LogP contribution in [0.15, 0.2) is 23.6 Å². The molecule has 1 fully saturated rings. The van der Waals surface area contributed by atoms with Crippen molar-refractivity contribution >= 4 is 17.0 Å². The Labute approximate surface area is 104 Å². The van der Waals surface area contributed by atoms with E-state index in [4.69, 9.17) is 0 Å². The van der Waals surface area contributed by atoms with Crippen LogP contribution in [0.1, 0.15) is 12.8 Å². The Morgan fingerprint density at radius 2 is 2.12 bits per heavy atom. The van der Waals surface area contributed by atoms with Crippen molar-refractivity contribution in [3.05, 3.63) is 34.9 Å². The maximum Gasteiger partial charge on any atom is 0.152 e. The van der Waals surface area contributed by atoms with Crippen molar-refractivity contribution in [1.82, 2.24) is 4.98 Å². The fourth-order valence-electron chi connectivity index (χ4n) is 2.20. The second-order valence-corrected chi connectivity index (χ2v) is 4.84. The summed E-state index contributed by atoms with van der Waals surface area (Å²) in [5.74, 6) is -0.155. The van der Waals surface area contributed by atoms with Gasteiger partial charge in [-0.1, -0.05) is 6.07 Å². The molecule has 2 heterocycles. The molecule has 0 spiro atoms. The zero-order valence-corrected chi connectivity index (χ0v) is 10.1. The molecule has 4 heteroatoms. The van der Waals surface area contributed by atoms with Crippen LogP contribution in [-0.2, 0) is 0 Å². The maximum atomic E-state index is 14.0. The fraction of sp³-hybridized carbons (Fsp3) is 0.308. The average molecular weight is 247 g/mol. The third kappa shape index (κ3) is 2.05. The first-order valence-electron chi connectivity index (χ1n) is 5.71. The minimum atomic E-state index is -0.155. The lowest BCUT2D eigenvalue weighted by Gasteiger charge is -2.18. The zero-order valence-electron chi connectivity index (χ0n) is 9.32. The van der Waals surface area contributed by atoms with Crippen LogP contribution >= 0.6 is 11.3 Å². The maximum absolute atomic E-state index is 14.0. The van der Waals surface area contributed by atoms with Crippen molar-refractivity contribution in [2.24, 2.45) is 0 Å². The third-order valence-electron chi connectivity index (χ3n) is 3.08. The molecule has 0 unspecified atom stereocenters. The number of thiazole rings is 1. The van der Waals surface area contributed by atoms with E-state index in [1.165, 1.54) is 11.3 Å². The highest BCUT2D eigenvalue weighted by atomic mass is 32.1. The normalized spacial score (nSPS) is 15.5. The Hall–Kier alpha value is -1.42. The van der Waals surface area contributed by atoms with E-state index in [9.17, 15) is 4.39 Å². The van der Waals surface area contributed by atoms with E-state index < -0.39 is 0 Å². The predicted octanol–water partition coefficient (Wildman–Crippen LogP) is 3.35. The standard InChI is InChI=1S/C13H12FN2S/c14-11-7-10(12-8-17-9-15-12)3-4-13(11)16-5-1-2-6-16/h3-4,7-8H,1-2,5-6H2. The summed E-state index contributed by atoms with van der Waals surface area (Å²) in [7, 11) is 0. The predicted molar refractivity (Wildman–Crippen MR) is 67.8 cm³/mol. The van der Waals surface area contributed by atoms with Crippen LogP contribution in [0.3, 0.4) is 0 Å². The van der Waals surface area contributed by atoms with Crippen molar-refractivity contribution in [3.63, 3.8) is 0 Å². The Morgan fingerprint density at radius 1 is 1.29 bits per heavy atom. The highest BCUT2D eigenvalue weighted by Crippen LogP contribution is 2.28. The number of halogens is 1. The van der Waals surface area contributed by atoms with Gasteiger partial charge < -0.3 is 4.90 Å². The van der Waals surface area contributed by atoms with Crippen LogP contribution in [-0.4, -0.2) is 18.1 Å². The number of hydrogen-bond acceptors (Lipinski definition) is 3. The average Bonchev–Trinajstić information content (AvgIpc) is 3.02. The zero-order chi connectivity index (χ0) is 11.7. The van der Waals surface area contributed by atoms with Crippen LogP contribution in [0.5, 0.6) is 0 Å². The van der Waals surface area contributed by atoms with Gasteiger partial charge in [0.2, 0.25) is 0 Å². The summed E-state index contributed by atoms with van der Waals surface area (Å²) >= 11 is 1.40. The Balaban J connectivity index is 1.94. The minimum absolute atomic E-state index is 0.155. The summed E-state index contributed by atoms with van der Waals surface area (Å²) in [6.07, 6.45) is 2.31. The summed E-state index contributed by atoms with van der Waals surface area (Å²) in [5.41, 5.74) is 5.11. The first-order chi connectivity index (χ1) is 8.34. The number of benzene rings is 1. The SMILES string of the molecule is Fc1cc(-c2cs[c]n2)ccc1N1CCCC1. The third-order valence-corrected chi connectivity index (χ3v) is 3.62. The molecule has 0 bridgehead atoms. The number of anilines is 1. The number of nitrogens with zero attached hydrogens (tertiary/aromatic N) is 2. The van der Waals surface area contributed by atoms with E-state index >= 15 is 0 Å². The Kier molecular flexibility index (Phi) is 2.81. The van der Waals surface area contributed by atoms with Crippen LogP contribution in [0.4, 0.5) is 10.1 Å². The molecule has 87 valence electrons. The fourth-order valence-corrected chi connectivity index (χ4v) is 2.70. The molecule has 2 nitrogen and oxygen atoms in total. The van der Waals surface area contributed by atoms with Gasteiger partial charge in [-0.3, -0.25) is 0 Å². The molecule has 0 saturated carbocycles. The molecular formula is C13H12FN2S. The van der Waals surface area contributed by atoms with E-state index in [1.54, 1.807) is 6.07 Å². The quantitative estimate of drug-likeness (QED) is 0.809. The van der Waals surface area contributed by atoms with Crippen LogP contribution in [0.2, 0.25) is 0 Å². The Bertz CT molecular complexity index is 504. The molecule has 1 saturated heterocycles. The monoisotopic (exact) mass is 247 g/mol. The van der Waals surface area contributed by atoms with Crippen molar-refractivity contribution in [3.8, 4) is 11.3 Å². The number of hydrogen-bond donors (Lipinski definition) is 0. The molecule has 0 N–H and O–H groups in total. The second kappa shape index (κ2) is 4.45. The van der Waals surface area contributed by atoms with Crippen molar-refractivity contribution in [2.45, 2.75) is 12.8 Å². The molecule has 1 aliphatic rings. The van der Waals surface area contributed by atoms with Gasteiger partial charge in [0.15, 0.2) is 5.51 Å². The molecule has 0 aliphatic carbocycles. The summed E-state index contributed by atoms with van der Waals surface area (Å²) in [4.78, 5) is 6.17. The molecule has 3 rings (SSSR count). The molecule has 1 aromatic carbocycles. The molecule has 2 aromatic rings. The molecular weight excluding hydrogens is 235 g/mol. The molecule has 1 radical (unpaired) electrons. The van der Waals surface area contributed by atoms with E-state index in [2.05, 4.69) is 15.4 Å². The lowest BCUT2D eigenvalue weighted by molar-refractivity contribution is 0.623. The molecule has 1 aromatic heterocycles. The lowest BCUT2D eigenvalue weighted by atomic mass is 10.1. The highest BCUT2D eigenvalue weighted by Gasteiger charge is 2.16. The van der Waals surface area contributed by atoms with Crippen molar-refractivity contribution < 1.29 is 4.39 Å². The smallest absolute Gasteiger partial charge is 0.152 e. The van der Waals surface area contributed by atoms with Crippen LogP contribution in [0.25, 0.3) is 11.3 Å². The van der Waals surface area contributed by atoms with Gasteiger partial charge in [0.25, 0.3) is 0 Å². The lowest BCUT2D eigenvalue weighted by Crippen LogP contribution is -2.18.